The number of rotatable bonds is 2. The van der Waals surface area contributed by atoms with Gasteiger partial charge in [0.05, 0.1) is 10.7 Å². The van der Waals surface area contributed by atoms with Crippen LogP contribution in [0.5, 0.6) is 0 Å². The van der Waals surface area contributed by atoms with Crippen molar-refractivity contribution in [3.05, 3.63) is 69.7 Å². The van der Waals surface area contributed by atoms with E-state index in [4.69, 9.17) is 0 Å². The molecule has 0 fully saturated rings. The van der Waals surface area contributed by atoms with Crippen molar-refractivity contribution in [3.8, 4) is 0 Å². The summed E-state index contributed by atoms with van der Waals surface area (Å²) < 4.78 is 0.914. The Morgan fingerprint density at radius 3 is 2.75 bits per heavy atom. The average molecular weight is 346 g/mol. The van der Waals surface area contributed by atoms with Crippen LogP contribution in [0.15, 0.2) is 69.0 Å². The Balaban J connectivity index is 1.90. The smallest absolute Gasteiger partial charge is 0.188 e. The molecular formula is C16H12BrNOS. The Morgan fingerprint density at radius 2 is 2.00 bits per heavy atom. The van der Waals surface area contributed by atoms with Crippen LogP contribution in [0.3, 0.4) is 0 Å². The number of halogens is 1. The van der Waals surface area contributed by atoms with E-state index in [1.54, 1.807) is 17.8 Å². The number of benzene rings is 2. The number of carbonyl (C=O) groups is 1. The van der Waals surface area contributed by atoms with E-state index in [1.807, 2.05) is 43.4 Å². The number of allylic oxidation sites excluding steroid dienone is 1. The van der Waals surface area contributed by atoms with Crippen LogP contribution in [-0.2, 0) is 0 Å². The molecule has 2 aromatic carbocycles. The summed E-state index contributed by atoms with van der Waals surface area (Å²) in [5.41, 5.74) is 1.84. The zero-order valence-corrected chi connectivity index (χ0v) is 13.2. The highest BCUT2D eigenvalue weighted by Gasteiger charge is 2.22. The van der Waals surface area contributed by atoms with Gasteiger partial charge in [-0.1, -0.05) is 52.0 Å². The number of fused-ring (bicyclic) bond motifs is 1. The van der Waals surface area contributed by atoms with Gasteiger partial charge >= 0.3 is 0 Å². The predicted molar refractivity (Wildman–Crippen MR) is 87.3 cm³/mol. The third-order valence-electron chi connectivity index (χ3n) is 3.14. The number of hydrogen-bond acceptors (Lipinski definition) is 3. The Hall–Kier alpha value is -1.52. The lowest BCUT2D eigenvalue weighted by atomic mass is 10.1. The van der Waals surface area contributed by atoms with Crippen LogP contribution in [0.4, 0.5) is 5.69 Å². The van der Waals surface area contributed by atoms with Crippen LogP contribution < -0.4 is 4.90 Å². The van der Waals surface area contributed by atoms with Gasteiger partial charge < -0.3 is 4.90 Å². The minimum absolute atomic E-state index is 0.0217. The molecule has 4 heteroatoms. The van der Waals surface area contributed by atoms with Crippen LogP contribution in [0.2, 0.25) is 0 Å². The number of hydrogen-bond donors (Lipinski definition) is 0. The maximum absolute atomic E-state index is 12.3. The highest BCUT2D eigenvalue weighted by Crippen LogP contribution is 2.44. The minimum atomic E-state index is 0.0217. The maximum atomic E-state index is 12.3. The molecule has 1 aliphatic heterocycles. The van der Waals surface area contributed by atoms with Gasteiger partial charge in [-0.25, -0.2) is 0 Å². The van der Waals surface area contributed by atoms with E-state index < -0.39 is 0 Å². The molecule has 2 nitrogen and oxygen atoms in total. The molecule has 0 saturated carbocycles. The van der Waals surface area contributed by atoms with Crippen LogP contribution in [0, 0.1) is 0 Å². The Kier molecular flexibility index (Phi) is 3.68. The summed E-state index contributed by atoms with van der Waals surface area (Å²) in [7, 11) is 1.98. The molecule has 20 heavy (non-hydrogen) atoms. The van der Waals surface area contributed by atoms with Gasteiger partial charge in [-0.2, -0.15) is 0 Å². The predicted octanol–water partition coefficient (Wildman–Crippen LogP) is 4.72. The van der Waals surface area contributed by atoms with Crippen LogP contribution in [0.1, 0.15) is 10.4 Å². The van der Waals surface area contributed by atoms with Gasteiger partial charge in [-0.3, -0.25) is 4.79 Å². The van der Waals surface area contributed by atoms with Gasteiger partial charge in [-0.05, 0) is 24.3 Å². The van der Waals surface area contributed by atoms with E-state index in [1.165, 1.54) is 4.90 Å². The van der Waals surface area contributed by atoms with Crippen LogP contribution in [0.25, 0.3) is 0 Å². The molecule has 0 unspecified atom stereocenters. The SMILES string of the molecule is CN1C(=CC(=O)c2cccc(Br)c2)Sc2ccccc21. The highest BCUT2D eigenvalue weighted by atomic mass is 79.9. The van der Waals surface area contributed by atoms with E-state index >= 15 is 0 Å². The fourth-order valence-electron chi connectivity index (χ4n) is 2.08. The second kappa shape index (κ2) is 5.46. The zero-order chi connectivity index (χ0) is 14.1. The average Bonchev–Trinajstić information content (AvgIpc) is 2.76. The second-order valence-corrected chi connectivity index (χ2v) is 6.46. The fraction of sp³-hybridized carbons (Fsp3) is 0.0625. The lowest BCUT2D eigenvalue weighted by molar-refractivity contribution is 0.104. The molecule has 0 radical (unpaired) electrons. The van der Waals surface area contributed by atoms with Gasteiger partial charge in [0.2, 0.25) is 0 Å². The summed E-state index contributed by atoms with van der Waals surface area (Å²) in [6, 6.07) is 15.6. The lowest BCUT2D eigenvalue weighted by Gasteiger charge is -2.12. The molecule has 0 atom stereocenters. The molecule has 100 valence electrons. The molecule has 0 aliphatic carbocycles. The van der Waals surface area contributed by atoms with Crippen molar-refractivity contribution >= 4 is 39.2 Å². The lowest BCUT2D eigenvalue weighted by Crippen LogP contribution is -2.11. The first-order valence-corrected chi connectivity index (χ1v) is 7.78. The van der Waals surface area contributed by atoms with E-state index in [2.05, 4.69) is 33.0 Å². The molecule has 3 rings (SSSR count). The number of carbonyl (C=O) groups excluding carboxylic acids is 1. The fourth-order valence-corrected chi connectivity index (χ4v) is 3.57. The van der Waals surface area contributed by atoms with Crippen molar-refractivity contribution in [2.45, 2.75) is 4.90 Å². The normalized spacial score (nSPS) is 15.5. The summed E-state index contributed by atoms with van der Waals surface area (Å²) >= 11 is 5.02. The first-order chi connectivity index (χ1) is 9.65. The first kappa shape index (κ1) is 13.5. The quantitative estimate of drug-likeness (QED) is 0.580. The molecule has 0 N–H and O–H groups in total. The molecule has 2 aromatic rings. The Morgan fingerprint density at radius 1 is 1.20 bits per heavy atom. The van der Waals surface area contributed by atoms with Crippen molar-refractivity contribution in [1.29, 1.82) is 0 Å². The standard InChI is InChI=1S/C16H12BrNOS/c1-18-13-7-2-3-8-15(13)20-16(18)10-14(19)11-5-4-6-12(17)9-11/h2-10H,1H3. The summed E-state index contributed by atoms with van der Waals surface area (Å²) in [6.45, 7) is 0. The van der Waals surface area contributed by atoms with E-state index in [0.29, 0.717) is 5.56 Å². The number of nitrogens with zero attached hydrogens (tertiary/aromatic N) is 1. The van der Waals surface area contributed by atoms with Gasteiger partial charge in [-0.15, -0.1) is 0 Å². The topological polar surface area (TPSA) is 20.3 Å². The van der Waals surface area contributed by atoms with E-state index in [0.717, 1.165) is 15.2 Å². The molecular weight excluding hydrogens is 334 g/mol. The number of thioether (sulfide) groups is 1. The van der Waals surface area contributed by atoms with Crippen LogP contribution >= 0.6 is 27.7 Å². The molecule has 1 heterocycles. The maximum Gasteiger partial charge on any atom is 0.188 e. The molecule has 1 aliphatic rings. The molecule has 0 spiro atoms. The largest absolute Gasteiger partial charge is 0.338 e. The van der Waals surface area contributed by atoms with E-state index in [-0.39, 0.29) is 5.78 Å². The molecule has 0 amide bonds. The zero-order valence-electron chi connectivity index (χ0n) is 10.8. The molecule has 0 saturated heterocycles. The molecule has 0 bridgehead atoms. The van der Waals surface area contributed by atoms with Gasteiger partial charge in [0.15, 0.2) is 5.78 Å². The highest BCUT2D eigenvalue weighted by molar-refractivity contribution is 9.10. The van der Waals surface area contributed by atoms with Crippen molar-refractivity contribution in [3.63, 3.8) is 0 Å². The van der Waals surface area contributed by atoms with Gasteiger partial charge in [0, 0.05) is 28.1 Å². The monoisotopic (exact) mass is 345 g/mol. The molecule has 0 aromatic heterocycles. The minimum Gasteiger partial charge on any atom is -0.338 e. The summed E-state index contributed by atoms with van der Waals surface area (Å²) in [5.74, 6) is 0.0217. The van der Waals surface area contributed by atoms with Crippen molar-refractivity contribution in [2.24, 2.45) is 0 Å². The van der Waals surface area contributed by atoms with Crippen molar-refractivity contribution in [2.75, 3.05) is 11.9 Å². The Bertz CT molecular complexity index is 711. The van der Waals surface area contributed by atoms with E-state index in [9.17, 15) is 4.79 Å². The number of anilines is 1. The van der Waals surface area contributed by atoms with Gasteiger partial charge in [0.25, 0.3) is 0 Å². The van der Waals surface area contributed by atoms with Crippen molar-refractivity contribution in [1.82, 2.24) is 0 Å². The second-order valence-electron chi connectivity index (χ2n) is 4.49. The first-order valence-electron chi connectivity index (χ1n) is 6.17. The summed E-state index contributed by atoms with van der Waals surface area (Å²) in [5, 5.41) is 0.955. The number of ketones is 1. The Labute approximate surface area is 130 Å². The number of para-hydroxylation sites is 1. The third-order valence-corrected chi connectivity index (χ3v) is 4.79. The third kappa shape index (κ3) is 2.53. The summed E-state index contributed by atoms with van der Waals surface area (Å²) in [4.78, 5) is 15.5. The van der Waals surface area contributed by atoms with Gasteiger partial charge in [0.1, 0.15) is 0 Å². The summed E-state index contributed by atoms with van der Waals surface area (Å²) in [6.07, 6.45) is 1.70. The van der Waals surface area contributed by atoms with Crippen LogP contribution in [-0.4, -0.2) is 12.8 Å². The van der Waals surface area contributed by atoms with Crippen molar-refractivity contribution < 1.29 is 4.79 Å².